The van der Waals surface area contributed by atoms with Crippen LogP contribution >= 0.6 is 0 Å². The second kappa shape index (κ2) is 12.3. The molecule has 2 unspecified atom stereocenters. The highest BCUT2D eigenvalue weighted by molar-refractivity contribution is 5.92. The summed E-state index contributed by atoms with van der Waals surface area (Å²) in [6.45, 7) is 2.67. The van der Waals surface area contributed by atoms with E-state index in [0.29, 0.717) is 68.1 Å². The number of aliphatic hydroxyl groups excluding tert-OH is 1. The van der Waals surface area contributed by atoms with Crippen LogP contribution in [0.5, 0.6) is 5.75 Å². The van der Waals surface area contributed by atoms with Crippen LogP contribution in [0.3, 0.4) is 0 Å². The molecule has 4 rings (SSSR count). The summed E-state index contributed by atoms with van der Waals surface area (Å²) in [5.41, 5.74) is 6.66. The standard InChI is InChI=1S/C25H31N5O6/c26-18-4-6-19(7-5-18)36-15-14-35-13-12-34-11-10-27-20-3-1-2-17-16-28-30(25(33)23(17)20)21-8-9-22(31)29-24(21)32/h1-7,16,21,24,27,32H,8-15,26H2,(H,29,31). The van der Waals surface area contributed by atoms with E-state index in [2.05, 4.69) is 15.7 Å². The zero-order chi connectivity index (χ0) is 25.3. The lowest BCUT2D eigenvalue weighted by atomic mass is 10.0. The maximum absolute atomic E-state index is 13.2. The van der Waals surface area contributed by atoms with Gasteiger partial charge in [-0.1, -0.05) is 12.1 Å². The van der Waals surface area contributed by atoms with Crippen molar-refractivity contribution < 1.29 is 24.1 Å². The number of aromatic nitrogens is 2. The molecule has 0 radical (unpaired) electrons. The number of amides is 1. The highest BCUT2D eigenvalue weighted by Crippen LogP contribution is 2.23. The molecule has 11 nitrogen and oxygen atoms in total. The van der Waals surface area contributed by atoms with Crippen molar-refractivity contribution in [1.29, 1.82) is 0 Å². The number of nitrogens with one attached hydrogen (secondary N) is 2. The van der Waals surface area contributed by atoms with Crippen molar-refractivity contribution >= 4 is 28.1 Å². The van der Waals surface area contributed by atoms with Crippen LogP contribution in [-0.4, -0.2) is 66.6 Å². The molecule has 1 saturated heterocycles. The number of rotatable bonds is 12. The van der Waals surface area contributed by atoms with Crippen LogP contribution in [0, 0.1) is 0 Å². The van der Waals surface area contributed by atoms with Crippen LogP contribution in [0.4, 0.5) is 11.4 Å². The number of piperidine rings is 1. The first-order valence-electron chi connectivity index (χ1n) is 11.9. The van der Waals surface area contributed by atoms with Crippen molar-refractivity contribution in [3.05, 3.63) is 59.0 Å². The molecule has 3 aromatic rings. The Morgan fingerprint density at radius 3 is 2.58 bits per heavy atom. The number of carbonyl (C=O) groups excluding carboxylic acids is 1. The molecular formula is C25H31N5O6. The molecule has 0 aliphatic carbocycles. The number of hydrogen-bond acceptors (Lipinski definition) is 9. The lowest BCUT2D eigenvalue weighted by molar-refractivity contribution is -0.128. The van der Waals surface area contributed by atoms with Crippen molar-refractivity contribution in [2.45, 2.75) is 25.1 Å². The molecular weight excluding hydrogens is 466 g/mol. The van der Waals surface area contributed by atoms with Crippen molar-refractivity contribution in [3.8, 4) is 5.75 Å². The van der Waals surface area contributed by atoms with E-state index in [0.717, 1.165) is 5.75 Å². The number of benzene rings is 2. The first-order valence-corrected chi connectivity index (χ1v) is 11.9. The summed E-state index contributed by atoms with van der Waals surface area (Å²) in [4.78, 5) is 24.7. The zero-order valence-electron chi connectivity index (χ0n) is 19.9. The van der Waals surface area contributed by atoms with E-state index in [-0.39, 0.29) is 17.9 Å². The van der Waals surface area contributed by atoms with Crippen molar-refractivity contribution in [3.63, 3.8) is 0 Å². The number of nitrogens with zero attached hydrogens (tertiary/aromatic N) is 2. The fourth-order valence-electron chi connectivity index (χ4n) is 3.98. The third-order valence-electron chi connectivity index (χ3n) is 5.80. The van der Waals surface area contributed by atoms with Gasteiger partial charge in [0, 0.05) is 29.7 Å². The maximum atomic E-state index is 13.2. The lowest BCUT2D eigenvalue weighted by Gasteiger charge is -2.28. The van der Waals surface area contributed by atoms with Gasteiger partial charge in [0.1, 0.15) is 24.6 Å². The number of anilines is 2. The van der Waals surface area contributed by atoms with E-state index in [9.17, 15) is 14.7 Å². The van der Waals surface area contributed by atoms with Gasteiger partial charge in [-0.2, -0.15) is 5.10 Å². The summed E-state index contributed by atoms with van der Waals surface area (Å²) in [6, 6.07) is 12.0. The zero-order valence-corrected chi connectivity index (χ0v) is 19.9. The summed E-state index contributed by atoms with van der Waals surface area (Å²) in [5, 5.41) is 21.3. The van der Waals surface area contributed by atoms with Crippen molar-refractivity contribution in [1.82, 2.24) is 15.1 Å². The molecule has 1 aliphatic rings. The van der Waals surface area contributed by atoms with Gasteiger partial charge in [0.2, 0.25) is 5.91 Å². The number of aliphatic hydroxyl groups is 1. The number of ether oxygens (including phenoxy) is 3. The van der Waals surface area contributed by atoms with Crippen LogP contribution in [0.25, 0.3) is 10.8 Å². The molecule has 192 valence electrons. The van der Waals surface area contributed by atoms with E-state index in [4.69, 9.17) is 19.9 Å². The molecule has 1 aromatic heterocycles. The molecule has 0 saturated carbocycles. The number of nitrogens with two attached hydrogens (primary N) is 1. The van der Waals surface area contributed by atoms with Gasteiger partial charge in [0.25, 0.3) is 5.56 Å². The highest BCUT2D eigenvalue weighted by Gasteiger charge is 2.30. The first-order chi connectivity index (χ1) is 17.5. The normalized spacial score (nSPS) is 17.6. The Morgan fingerprint density at radius 1 is 1.06 bits per heavy atom. The Morgan fingerprint density at radius 2 is 1.81 bits per heavy atom. The Balaban J connectivity index is 1.21. The molecule has 2 atom stereocenters. The maximum Gasteiger partial charge on any atom is 0.277 e. The van der Waals surface area contributed by atoms with E-state index in [1.165, 1.54) is 4.68 Å². The second-order valence-corrected chi connectivity index (χ2v) is 8.35. The van der Waals surface area contributed by atoms with Gasteiger partial charge in [-0.25, -0.2) is 4.68 Å². The largest absolute Gasteiger partial charge is 0.491 e. The summed E-state index contributed by atoms with van der Waals surface area (Å²) in [5.74, 6) is 0.500. The van der Waals surface area contributed by atoms with Gasteiger partial charge >= 0.3 is 0 Å². The fourth-order valence-corrected chi connectivity index (χ4v) is 3.98. The SMILES string of the molecule is Nc1ccc(OCCOCCOCCNc2cccc3cnn(C4CCC(=O)NC4O)c(=O)c23)cc1. The van der Waals surface area contributed by atoms with Crippen LogP contribution in [0.2, 0.25) is 0 Å². The molecule has 0 spiro atoms. The third-order valence-corrected chi connectivity index (χ3v) is 5.80. The average Bonchev–Trinajstić information content (AvgIpc) is 2.87. The average molecular weight is 498 g/mol. The predicted molar refractivity (Wildman–Crippen MR) is 135 cm³/mol. The van der Waals surface area contributed by atoms with Gasteiger partial charge in [0.05, 0.1) is 38.0 Å². The fraction of sp³-hybridized carbons (Fsp3) is 0.400. The number of carbonyl (C=O) groups is 1. The first kappa shape index (κ1) is 25.4. The molecule has 1 fully saturated rings. The van der Waals surface area contributed by atoms with Gasteiger partial charge in [-0.3, -0.25) is 9.59 Å². The van der Waals surface area contributed by atoms with Crippen LogP contribution in [0.15, 0.2) is 53.5 Å². The highest BCUT2D eigenvalue weighted by atomic mass is 16.5. The number of fused-ring (bicyclic) bond motifs is 1. The van der Waals surface area contributed by atoms with E-state index >= 15 is 0 Å². The minimum absolute atomic E-state index is 0.227. The van der Waals surface area contributed by atoms with Gasteiger partial charge in [-0.05, 0) is 36.8 Å². The lowest BCUT2D eigenvalue weighted by Crippen LogP contribution is -2.48. The number of nitrogen functional groups attached to an aromatic ring is 1. The van der Waals surface area contributed by atoms with E-state index in [1.54, 1.807) is 18.3 Å². The second-order valence-electron chi connectivity index (χ2n) is 8.35. The summed E-state index contributed by atoms with van der Waals surface area (Å²) >= 11 is 0. The minimum Gasteiger partial charge on any atom is -0.491 e. The molecule has 1 amide bonds. The summed E-state index contributed by atoms with van der Waals surface area (Å²) < 4.78 is 17.9. The smallest absolute Gasteiger partial charge is 0.277 e. The van der Waals surface area contributed by atoms with Crippen molar-refractivity contribution in [2.75, 3.05) is 50.6 Å². The number of hydrogen-bond donors (Lipinski definition) is 4. The van der Waals surface area contributed by atoms with Gasteiger partial charge in [0.15, 0.2) is 0 Å². The molecule has 5 N–H and O–H groups in total. The minimum atomic E-state index is -1.16. The van der Waals surface area contributed by atoms with Gasteiger partial charge < -0.3 is 35.7 Å². The molecule has 1 aliphatic heterocycles. The Hall–Kier alpha value is -3.67. The summed E-state index contributed by atoms with van der Waals surface area (Å²) in [6.07, 6.45) is 0.999. The van der Waals surface area contributed by atoms with Crippen LogP contribution in [0.1, 0.15) is 18.9 Å². The quantitative estimate of drug-likeness (QED) is 0.214. The van der Waals surface area contributed by atoms with Crippen molar-refractivity contribution in [2.24, 2.45) is 0 Å². The Bertz CT molecular complexity index is 1220. The molecule has 2 heterocycles. The van der Waals surface area contributed by atoms with Gasteiger partial charge in [-0.15, -0.1) is 0 Å². The summed E-state index contributed by atoms with van der Waals surface area (Å²) in [7, 11) is 0. The van der Waals surface area contributed by atoms with E-state index in [1.807, 2.05) is 30.3 Å². The van der Waals surface area contributed by atoms with Crippen LogP contribution < -0.4 is 26.7 Å². The Kier molecular flexibility index (Phi) is 8.71. The predicted octanol–water partition coefficient (Wildman–Crippen LogP) is 1.27. The third kappa shape index (κ3) is 6.51. The Labute approximate surface area is 208 Å². The molecule has 36 heavy (non-hydrogen) atoms. The monoisotopic (exact) mass is 497 g/mol. The topological polar surface area (TPSA) is 150 Å². The van der Waals surface area contributed by atoms with E-state index < -0.39 is 12.3 Å². The molecule has 2 aromatic carbocycles. The van der Waals surface area contributed by atoms with Crippen LogP contribution in [-0.2, 0) is 14.3 Å². The molecule has 0 bridgehead atoms. The molecule has 11 heteroatoms.